The zero-order valence-corrected chi connectivity index (χ0v) is 13.9. The van der Waals surface area contributed by atoms with Crippen molar-refractivity contribution in [3.8, 4) is 0 Å². The lowest BCUT2D eigenvalue weighted by Gasteiger charge is -2.21. The van der Waals surface area contributed by atoms with Gasteiger partial charge in [-0.25, -0.2) is 0 Å². The fourth-order valence-corrected chi connectivity index (χ4v) is 2.36. The number of nitrogens with one attached hydrogen (secondary N) is 1. The molecule has 0 amide bonds. The highest BCUT2D eigenvalue weighted by Gasteiger charge is 2.18. The summed E-state index contributed by atoms with van der Waals surface area (Å²) in [6.07, 6.45) is 0.386. The molecule has 0 fully saturated rings. The minimum atomic E-state index is -0.159. The second kappa shape index (κ2) is 9.11. The molecule has 2 aromatic rings. The SMILES string of the molecule is CC(C)[C@H](CC(=O)OCc1ccccc1)NCc1ccccc1. The minimum Gasteiger partial charge on any atom is -0.461 e. The molecule has 0 saturated heterocycles. The third kappa shape index (κ3) is 6.25. The Morgan fingerprint density at radius 1 is 0.957 bits per heavy atom. The van der Waals surface area contributed by atoms with Gasteiger partial charge in [0.05, 0.1) is 6.42 Å². The monoisotopic (exact) mass is 311 g/mol. The van der Waals surface area contributed by atoms with Crippen molar-refractivity contribution in [2.45, 2.75) is 39.5 Å². The summed E-state index contributed by atoms with van der Waals surface area (Å²) in [6, 6.07) is 20.1. The summed E-state index contributed by atoms with van der Waals surface area (Å²) in [5.74, 6) is 0.205. The maximum Gasteiger partial charge on any atom is 0.307 e. The summed E-state index contributed by atoms with van der Waals surface area (Å²) < 4.78 is 5.38. The van der Waals surface area contributed by atoms with E-state index < -0.39 is 0 Å². The molecular weight excluding hydrogens is 286 g/mol. The smallest absolute Gasteiger partial charge is 0.307 e. The van der Waals surface area contributed by atoms with Gasteiger partial charge < -0.3 is 10.1 Å². The molecule has 122 valence electrons. The van der Waals surface area contributed by atoms with Crippen LogP contribution in [0.25, 0.3) is 0 Å². The highest BCUT2D eigenvalue weighted by atomic mass is 16.5. The molecule has 0 unspecified atom stereocenters. The van der Waals surface area contributed by atoms with Gasteiger partial charge in [0.2, 0.25) is 0 Å². The number of carbonyl (C=O) groups is 1. The van der Waals surface area contributed by atoms with E-state index in [9.17, 15) is 4.79 Å². The maximum atomic E-state index is 12.1. The number of ether oxygens (including phenoxy) is 1. The van der Waals surface area contributed by atoms with E-state index in [2.05, 4.69) is 31.3 Å². The zero-order chi connectivity index (χ0) is 16.5. The molecule has 1 atom stereocenters. The minimum absolute atomic E-state index is 0.110. The summed E-state index contributed by atoms with van der Waals surface area (Å²) in [6.45, 7) is 5.33. The van der Waals surface area contributed by atoms with E-state index in [1.54, 1.807) is 0 Å². The average Bonchev–Trinajstić information content (AvgIpc) is 2.58. The van der Waals surface area contributed by atoms with Crippen LogP contribution in [0.5, 0.6) is 0 Å². The second-order valence-electron chi connectivity index (χ2n) is 6.07. The van der Waals surface area contributed by atoms with Crippen molar-refractivity contribution in [2.75, 3.05) is 0 Å². The zero-order valence-electron chi connectivity index (χ0n) is 13.9. The molecule has 0 saturated carbocycles. The average molecular weight is 311 g/mol. The molecule has 3 heteroatoms. The van der Waals surface area contributed by atoms with E-state index in [0.717, 1.165) is 12.1 Å². The van der Waals surface area contributed by atoms with Crippen molar-refractivity contribution < 1.29 is 9.53 Å². The molecule has 0 spiro atoms. The van der Waals surface area contributed by atoms with Crippen LogP contribution < -0.4 is 5.32 Å². The fraction of sp³-hybridized carbons (Fsp3) is 0.350. The first-order valence-corrected chi connectivity index (χ1v) is 8.12. The normalized spacial score (nSPS) is 12.1. The fourth-order valence-electron chi connectivity index (χ4n) is 2.36. The molecule has 0 aromatic heterocycles. The largest absolute Gasteiger partial charge is 0.461 e. The lowest BCUT2D eigenvalue weighted by Crippen LogP contribution is -2.35. The van der Waals surface area contributed by atoms with Crippen LogP contribution in [0, 0.1) is 5.92 Å². The van der Waals surface area contributed by atoms with Crippen molar-refractivity contribution >= 4 is 5.97 Å². The first kappa shape index (κ1) is 17.2. The third-order valence-corrected chi connectivity index (χ3v) is 3.85. The number of hydrogen-bond donors (Lipinski definition) is 1. The Kier molecular flexibility index (Phi) is 6.82. The van der Waals surface area contributed by atoms with Crippen LogP contribution in [-0.2, 0) is 22.7 Å². The van der Waals surface area contributed by atoms with Crippen molar-refractivity contribution in [1.82, 2.24) is 5.32 Å². The molecule has 0 aliphatic rings. The number of rotatable bonds is 8. The molecule has 3 nitrogen and oxygen atoms in total. The molecule has 0 aliphatic carbocycles. The van der Waals surface area contributed by atoms with Crippen molar-refractivity contribution in [3.05, 3.63) is 71.8 Å². The number of esters is 1. The van der Waals surface area contributed by atoms with Gasteiger partial charge in [-0.3, -0.25) is 4.79 Å². The van der Waals surface area contributed by atoms with Gasteiger partial charge in [0.25, 0.3) is 0 Å². The number of carbonyl (C=O) groups excluding carboxylic acids is 1. The van der Waals surface area contributed by atoms with Gasteiger partial charge in [-0.15, -0.1) is 0 Å². The second-order valence-corrected chi connectivity index (χ2v) is 6.07. The first-order chi connectivity index (χ1) is 11.1. The summed E-state index contributed by atoms with van der Waals surface area (Å²) in [5, 5.41) is 3.46. The van der Waals surface area contributed by atoms with Crippen LogP contribution in [0.15, 0.2) is 60.7 Å². The summed E-state index contributed by atoms with van der Waals surface area (Å²) >= 11 is 0. The molecule has 23 heavy (non-hydrogen) atoms. The molecule has 1 N–H and O–H groups in total. The Bertz CT molecular complexity index is 581. The van der Waals surface area contributed by atoms with E-state index in [0.29, 0.717) is 18.9 Å². The Morgan fingerprint density at radius 3 is 2.09 bits per heavy atom. The highest BCUT2D eigenvalue weighted by molar-refractivity contribution is 5.70. The number of hydrogen-bond acceptors (Lipinski definition) is 3. The third-order valence-electron chi connectivity index (χ3n) is 3.85. The summed E-state index contributed by atoms with van der Waals surface area (Å²) in [5.41, 5.74) is 2.23. The Balaban J connectivity index is 1.80. The molecule has 2 aromatic carbocycles. The van der Waals surface area contributed by atoms with Crippen molar-refractivity contribution in [1.29, 1.82) is 0 Å². The molecule has 0 radical (unpaired) electrons. The van der Waals surface area contributed by atoms with Crippen molar-refractivity contribution in [3.63, 3.8) is 0 Å². The van der Waals surface area contributed by atoms with Crippen LogP contribution in [-0.4, -0.2) is 12.0 Å². The molecule has 0 bridgehead atoms. The van der Waals surface area contributed by atoms with E-state index in [4.69, 9.17) is 4.74 Å². The van der Waals surface area contributed by atoms with Crippen LogP contribution in [0.4, 0.5) is 0 Å². The van der Waals surface area contributed by atoms with Crippen LogP contribution in [0.2, 0.25) is 0 Å². The van der Waals surface area contributed by atoms with E-state index in [-0.39, 0.29) is 12.0 Å². The van der Waals surface area contributed by atoms with Crippen molar-refractivity contribution in [2.24, 2.45) is 5.92 Å². The van der Waals surface area contributed by atoms with Gasteiger partial charge in [-0.05, 0) is 17.0 Å². The predicted octanol–water partition coefficient (Wildman–Crippen LogP) is 3.93. The van der Waals surface area contributed by atoms with Gasteiger partial charge in [-0.1, -0.05) is 74.5 Å². The van der Waals surface area contributed by atoms with Gasteiger partial charge in [-0.2, -0.15) is 0 Å². The standard InChI is InChI=1S/C20H25NO2/c1-16(2)19(21-14-17-9-5-3-6-10-17)13-20(22)23-15-18-11-7-4-8-12-18/h3-12,16,19,21H,13-15H2,1-2H3/t19-/m0/s1. The van der Waals surface area contributed by atoms with Crippen LogP contribution in [0.1, 0.15) is 31.4 Å². The first-order valence-electron chi connectivity index (χ1n) is 8.12. The van der Waals surface area contributed by atoms with Crippen LogP contribution in [0.3, 0.4) is 0 Å². The quantitative estimate of drug-likeness (QED) is 0.751. The molecule has 0 heterocycles. The van der Waals surface area contributed by atoms with Crippen LogP contribution >= 0.6 is 0 Å². The summed E-state index contributed by atoms with van der Waals surface area (Å²) in [4.78, 5) is 12.1. The maximum absolute atomic E-state index is 12.1. The topological polar surface area (TPSA) is 38.3 Å². The molecule has 0 aliphatic heterocycles. The summed E-state index contributed by atoms with van der Waals surface area (Å²) in [7, 11) is 0. The lowest BCUT2D eigenvalue weighted by molar-refractivity contribution is -0.145. The van der Waals surface area contributed by atoms with E-state index in [1.807, 2.05) is 48.5 Å². The Hall–Kier alpha value is -2.13. The van der Waals surface area contributed by atoms with Gasteiger partial charge >= 0.3 is 5.97 Å². The Labute approximate surface area is 138 Å². The molecule has 2 rings (SSSR count). The van der Waals surface area contributed by atoms with Gasteiger partial charge in [0.1, 0.15) is 6.61 Å². The Morgan fingerprint density at radius 2 is 1.52 bits per heavy atom. The number of benzene rings is 2. The van der Waals surface area contributed by atoms with E-state index >= 15 is 0 Å². The van der Waals surface area contributed by atoms with Gasteiger partial charge in [0.15, 0.2) is 0 Å². The van der Waals surface area contributed by atoms with E-state index in [1.165, 1.54) is 5.56 Å². The van der Waals surface area contributed by atoms with Gasteiger partial charge in [0, 0.05) is 12.6 Å². The lowest BCUT2D eigenvalue weighted by atomic mass is 10.0. The highest BCUT2D eigenvalue weighted by Crippen LogP contribution is 2.10. The molecular formula is C20H25NO2. The predicted molar refractivity (Wildman–Crippen MR) is 92.8 cm³/mol.